The van der Waals surface area contributed by atoms with Gasteiger partial charge in [0.15, 0.2) is 0 Å². The third-order valence-corrected chi connectivity index (χ3v) is 2.18. The minimum Gasteiger partial charge on any atom is -0.390 e. The van der Waals surface area contributed by atoms with Gasteiger partial charge in [-0.3, -0.25) is 4.68 Å². The molecule has 80 valence electrons. The second-order valence-electron chi connectivity index (χ2n) is 4.75. The fraction of sp³-hybridized carbons (Fsp3) is 0.727. The van der Waals surface area contributed by atoms with Crippen molar-refractivity contribution in [2.45, 2.75) is 39.2 Å². The van der Waals surface area contributed by atoms with E-state index in [-0.39, 0.29) is 0 Å². The van der Waals surface area contributed by atoms with Crippen molar-refractivity contribution in [3.63, 3.8) is 0 Å². The maximum Gasteiger partial charge on any atom is 0.0678 e. The first-order valence-corrected chi connectivity index (χ1v) is 5.10. The molecule has 0 saturated heterocycles. The van der Waals surface area contributed by atoms with Crippen LogP contribution in [0.25, 0.3) is 0 Å². The molecule has 1 unspecified atom stereocenters. The summed E-state index contributed by atoms with van der Waals surface area (Å²) < 4.78 is 1.76. The molecule has 0 aliphatic carbocycles. The quantitative estimate of drug-likeness (QED) is 0.797. The number of hydrogen-bond donors (Lipinski definition) is 1. The van der Waals surface area contributed by atoms with Crippen molar-refractivity contribution < 1.29 is 5.11 Å². The van der Waals surface area contributed by atoms with Crippen molar-refractivity contribution in [2.75, 3.05) is 0 Å². The van der Waals surface area contributed by atoms with Crippen LogP contribution in [0.3, 0.4) is 0 Å². The molecule has 0 saturated carbocycles. The molecule has 0 amide bonds. The predicted octanol–water partition coefficient (Wildman–Crippen LogP) is 1.76. The third-order valence-electron chi connectivity index (χ3n) is 2.18. The first-order valence-electron chi connectivity index (χ1n) is 5.10. The van der Waals surface area contributed by atoms with E-state index in [0.717, 1.165) is 12.1 Å². The van der Waals surface area contributed by atoms with Gasteiger partial charge in [-0.05, 0) is 25.3 Å². The van der Waals surface area contributed by atoms with Gasteiger partial charge >= 0.3 is 0 Å². The average molecular weight is 196 g/mol. The highest BCUT2D eigenvalue weighted by Gasteiger charge is 2.23. The van der Waals surface area contributed by atoms with Gasteiger partial charge in [-0.25, -0.2) is 0 Å². The van der Waals surface area contributed by atoms with Crippen LogP contribution in [-0.4, -0.2) is 20.5 Å². The van der Waals surface area contributed by atoms with E-state index >= 15 is 0 Å². The van der Waals surface area contributed by atoms with Gasteiger partial charge in [-0.1, -0.05) is 13.8 Å². The molecule has 0 radical (unpaired) electrons. The van der Waals surface area contributed by atoms with Crippen molar-refractivity contribution in [3.05, 3.63) is 18.0 Å². The molecular formula is C11H20N2O. The Morgan fingerprint density at radius 2 is 2.21 bits per heavy atom. The fourth-order valence-electron chi connectivity index (χ4n) is 1.90. The zero-order chi connectivity index (χ0) is 10.8. The Bertz CT molecular complexity index is 289. The SMILES string of the molecule is CC(C)CC(C)(O)Cc1ccn(C)n1. The summed E-state index contributed by atoms with van der Waals surface area (Å²) in [6.45, 7) is 6.11. The van der Waals surface area contributed by atoms with Gasteiger partial charge in [0.05, 0.1) is 11.3 Å². The highest BCUT2D eigenvalue weighted by molar-refractivity contribution is 5.03. The van der Waals surface area contributed by atoms with Crippen LogP contribution in [0.5, 0.6) is 0 Å². The molecule has 1 N–H and O–H groups in total. The van der Waals surface area contributed by atoms with Gasteiger partial charge in [0.25, 0.3) is 0 Å². The summed E-state index contributed by atoms with van der Waals surface area (Å²) in [5.74, 6) is 0.508. The van der Waals surface area contributed by atoms with Crippen molar-refractivity contribution >= 4 is 0 Å². The lowest BCUT2D eigenvalue weighted by Gasteiger charge is -2.24. The largest absolute Gasteiger partial charge is 0.390 e. The van der Waals surface area contributed by atoms with Gasteiger partial charge in [-0.15, -0.1) is 0 Å². The molecule has 0 aliphatic rings. The first kappa shape index (κ1) is 11.2. The van der Waals surface area contributed by atoms with E-state index in [1.54, 1.807) is 4.68 Å². The van der Waals surface area contributed by atoms with E-state index in [1.807, 2.05) is 26.2 Å². The van der Waals surface area contributed by atoms with Crippen molar-refractivity contribution in [3.8, 4) is 0 Å². The number of nitrogens with zero attached hydrogens (tertiary/aromatic N) is 2. The van der Waals surface area contributed by atoms with Gasteiger partial charge in [0.2, 0.25) is 0 Å². The fourth-order valence-corrected chi connectivity index (χ4v) is 1.90. The third kappa shape index (κ3) is 3.50. The standard InChI is InChI=1S/C11H20N2O/c1-9(2)7-11(3,14)8-10-5-6-13(4)12-10/h5-6,9,14H,7-8H2,1-4H3. The summed E-state index contributed by atoms with van der Waals surface area (Å²) in [5, 5.41) is 14.4. The number of hydrogen-bond acceptors (Lipinski definition) is 2. The lowest BCUT2D eigenvalue weighted by Crippen LogP contribution is -2.29. The molecule has 0 aromatic carbocycles. The second-order valence-corrected chi connectivity index (χ2v) is 4.75. The molecule has 1 heterocycles. The number of aliphatic hydroxyl groups is 1. The van der Waals surface area contributed by atoms with Gasteiger partial charge < -0.3 is 5.11 Å². The molecule has 1 rings (SSSR count). The summed E-state index contributed by atoms with van der Waals surface area (Å²) in [6, 6.07) is 1.95. The molecule has 0 fully saturated rings. The normalized spacial score (nSPS) is 15.9. The van der Waals surface area contributed by atoms with Crippen LogP contribution in [-0.2, 0) is 13.5 Å². The zero-order valence-corrected chi connectivity index (χ0v) is 9.49. The minimum atomic E-state index is -0.636. The Morgan fingerprint density at radius 1 is 1.57 bits per heavy atom. The summed E-state index contributed by atoms with van der Waals surface area (Å²) in [7, 11) is 1.89. The molecule has 1 aromatic rings. The van der Waals surface area contributed by atoms with Crippen LogP contribution < -0.4 is 0 Å². The van der Waals surface area contributed by atoms with Crippen LogP contribution in [0, 0.1) is 5.92 Å². The minimum absolute atomic E-state index is 0.508. The Hall–Kier alpha value is -0.830. The van der Waals surface area contributed by atoms with Gasteiger partial charge in [0.1, 0.15) is 0 Å². The lowest BCUT2D eigenvalue weighted by atomic mass is 9.90. The molecule has 0 spiro atoms. The molecule has 14 heavy (non-hydrogen) atoms. The van der Waals surface area contributed by atoms with E-state index in [4.69, 9.17) is 0 Å². The Morgan fingerprint density at radius 3 is 2.64 bits per heavy atom. The van der Waals surface area contributed by atoms with Crippen LogP contribution in [0.15, 0.2) is 12.3 Å². The molecule has 1 aromatic heterocycles. The molecule has 1 atom stereocenters. The van der Waals surface area contributed by atoms with Crippen LogP contribution >= 0.6 is 0 Å². The second kappa shape index (κ2) is 4.13. The molecule has 0 aliphatic heterocycles. The average Bonchev–Trinajstić information content (AvgIpc) is 2.30. The Balaban J connectivity index is 2.58. The van der Waals surface area contributed by atoms with E-state index < -0.39 is 5.60 Å². The van der Waals surface area contributed by atoms with Crippen LogP contribution in [0.4, 0.5) is 0 Å². The lowest BCUT2D eigenvalue weighted by molar-refractivity contribution is 0.0378. The number of rotatable bonds is 4. The number of aromatic nitrogens is 2. The maximum absolute atomic E-state index is 10.1. The molecule has 3 nitrogen and oxygen atoms in total. The molecule has 3 heteroatoms. The highest BCUT2D eigenvalue weighted by Crippen LogP contribution is 2.20. The predicted molar refractivity (Wildman–Crippen MR) is 57.0 cm³/mol. The van der Waals surface area contributed by atoms with Crippen molar-refractivity contribution in [1.82, 2.24) is 9.78 Å². The Kier molecular flexibility index (Phi) is 3.32. The van der Waals surface area contributed by atoms with Crippen LogP contribution in [0.1, 0.15) is 32.9 Å². The van der Waals surface area contributed by atoms with E-state index in [2.05, 4.69) is 18.9 Å². The topological polar surface area (TPSA) is 38.0 Å². The number of aryl methyl sites for hydroxylation is 1. The van der Waals surface area contributed by atoms with Crippen molar-refractivity contribution in [1.29, 1.82) is 0 Å². The maximum atomic E-state index is 10.1. The summed E-state index contributed by atoms with van der Waals surface area (Å²) in [6.07, 6.45) is 3.34. The smallest absolute Gasteiger partial charge is 0.0678 e. The summed E-state index contributed by atoms with van der Waals surface area (Å²) >= 11 is 0. The van der Waals surface area contributed by atoms with Gasteiger partial charge in [-0.2, -0.15) is 5.10 Å². The van der Waals surface area contributed by atoms with E-state index in [0.29, 0.717) is 12.3 Å². The van der Waals surface area contributed by atoms with Crippen molar-refractivity contribution in [2.24, 2.45) is 13.0 Å². The van der Waals surface area contributed by atoms with Crippen LogP contribution in [0.2, 0.25) is 0 Å². The van der Waals surface area contributed by atoms with E-state index in [1.165, 1.54) is 0 Å². The molecule has 0 bridgehead atoms. The van der Waals surface area contributed by atoms with E-state index in [9.17, 15) is 5.11 Å². The highest BCUT2D eigenvalue weighted by atomic mass is 16.3. The zero-order valence-electron chi connectivity index (χ0n) is 9.49. The van der Waals surface area contributed by atoms with Gasteiger partial charge in [0, 0.05) is 19.7 Å². The summed E-state index contributed by atoms with van der Waals surface area (Å²) in [4.78, 5) is 0. The first-order chi connectivity index (χ1) is 6.39. The Labute approximate surface area is 85.8 Å². The monoisotopic (exact) mass is 196 g/mol. The summed E-state index contributed by atoms with van der Waals surface area (Å²) in [5.41, 5.74) is 0.320. The molecular weight excluding hydrogens is 176 g/mol.